The highest BCUT2D eigenvalue weighted by Crippen LogP contribution is 2.24. The van der Waals surface area contributed by atoms with Crippen molar-refractivity contribution in [1.82, 2.24) is 9.97 Å². The summed E-state index contributed by atoms with van der Waals surface area (Å²) in [5, 5.41) is 0. The molecule has 6 heteroatoms. The van der Waals surface area contributed by atoms with Gasteiger partial charge in [-0.3, -0.25) is 0 Å². The SMILES string of the molecule is CC(CCCCc1ncc(-c2ccc(OC3CCCCO3)cc2)cn1)O[Si](C)(C)C. The smallest absolute Gasteiger partial charge is 0.199 e. The monoisotopic (exact) mass is 428 g/mol. The average Bonchev–Trinajstić information content (AvgIpc) is 2.72. The van der Waals surface area contributed by atoms with E-state index < -0.39 is 8.32 Å². The second-order valence-electron chi connectivity index (χ2n) is 9.11. The Hall–Kier alpha value is -1.76. The maximum absolute atomic E-state index is 6.10. The Morgan fingerprint density at radius 3 is 2.40 bits per heavy atom. The quantitative estimate of drug-likeness (QED) is 0.343. The Morgan fingerprint density at radius 2 is 1.77 bits per heavy atom. The lowest BCUT2D eigenvalue weighted by molar-refractivity contribution is -0.105. The minimum atomic E-state index is -1.44. The molecule has 0 N–H and O–H groups in total. The highest BCUT2D eigenvalue weighted by atomic mass is 28.4. The van der Waals surface area contributed by atoms with E-state index in [1.165, 1.54) is 0 Å². The summed E-state index contributed by atoms with van der Waals surface area (Å²) in [5.41, 5.74) is 2.12. The lowest BCUT2D eigenvalue weighted by Crippen LogP contribution is -2.30. The molecule has 0 amide bonds. The van der Waals surface area contributed by atoms with Gasteiger partial charge in [0.2, 0.25) is 0 Å². The van der Waals surface area contributed by atoms with Gasteiger partial charge >= 0.3 is 0 Å². The van der Waals surface area contributed by atoms with Crippen LogP contribution >= 0.6 is 0 Å². The fourth-order valence-electron chi connectivity index (χ4n) is 3.69. The number of aromatic nitrogens is 2. The third-order valence-electron chi connectivity index (χ3n) is 5.11. The van der Waals surface area contributed by atoms with E-state index in [-0.39, 0.29) is 6.29 Å². The molecule has 0 spiro atoms. The molecule has 2 heterocycles. The molecular formula is C24H36N2O3Si. The number of ether oxygens (including phenoxy) is 2. The summed E-state index contributed by atoms with van der Waals surface area (Å²) in [5.74, 6) is 1.75. The molecule has 164 valence electrons. The van der Waals surface area contributed by atoms with Gasteiger partial charge in [-0.05, 0) is 69.9 Å². The van der Waals surface area contributed by atoms with Crippen molar-refractivity contribution in [2.24, 2.45) is 0 Å². The number of rotatable bonds is 10. The van der Waals surface area contributed by atoms with Gasteiger partial charge in [-0.15, -0.1) is 0 Å². The highest BCUT2D eigenvalue weighted by Gasteiger charge is 2.18. The van der Waals surface area contributed by atoms with Crippen molar-refractivity contribution >= 4 is 8.32 Å². The van der Waals surface area contributed by atoms with Gasteiger partial charge in [-0.2, -0.15) is 0 Å². The molecule has 1 aliphatic heterocycles. The zero-order valence-electron chi connectivity index (χ0n) is 18.9. The number of benzene rings is 1. The van der Waals surface area contributed by atoms with Crippen LogP contribution in [-0.2, 0) is 15.6 Å². The van der Waals surface area contributed by atoms with Gasteiger partial charge in [0.25, 0.3) is 0 Å². The summed E-state index contributed by atoms with van der Waals surface area (Å²) in [4.78, 5) is 9.12. The number of hydrogen-bond donors (Lipinski definition) is 0. The standard InChI is InChI=1S/C24H36N2O3Si/c1-19(29-30(2,3)4)9-5-6-10-23-25-17-21(18-26-23)20-12-14-22(15-13-20)28-24-11-7-8-16-27-24/h12-15,17-19,24H,5-11,16H2,1-4H3. The summed E-state index contributed by atoms with van der Waals surface area (Å²) in [6.45, 7) is 9.69. The minimum Gasteiger partial charge on any atom is -0.465 e. The topological polar surface area (TPSA) is 53.5 Å². The van der Waals surface area contributed by atoms with Crippen molar-refractivity contribution in [2.75, 3.05) is 6.61 Å². The predicted octanol–water partition coefficient (Wildman–Crippen LogP) is 6.00. The van der Waals surface area contributed by atoms with Gasteiger partial charge in [0.1, 0.15) is 11.6 Å². The molecule has 2 aromatic rings. The lowest BCUT2D eigenvalue weighted by Gasteiger charge is -2.23. The molecule has 0 saturated carbocycles. The van der Waals surface area contributed by atoms with E-state index in [9.17, 15) is 0 Å². The Bertz CT molecular complexity index is 754. The van der Waals surface area contributed by atoms with Gasteiger partial charge in [0.05, 0.1) is 6.61 Å². The zero-order chi connectivity index (χ0) is 21.4. The van der Waals surface area contributed by atoms with Crippen molar-refractivity contribution in [3.05, 3.63) is 42.5 Å². The highest BCUT2D eigenvalue weighted by molar-refractivity contribution is 6.69. The van der Waals surface area contributed by atoms with Crippen molar-refractivity contribution in [1.29, 1.82) is 0 Å². The molecule has 1 aliphatic rings. The first-order valence-corrected chi connectivity index (χ1v) is 14.7. The molecule has 2 unspecified atom stereocenters. The van der Waals surface area contributed by atoms with Crippen LogP contribution in [0.1, 0.15) is 51.3 Å². The molecule has 0 bridgehead atoms. The van der Waals surface area contributed by atoms with Crippen molar-refractivity contribution in [3.63, 3.8) is 0 Å². The third kappa shape index (κ3) is 7.82. The fourth-order valence-corrected chi connectivity index (χ4v) is 5.02. The van der Waals surface area contributed by atoms with E-state index in [1.54, 1.807) is 0 Å². The zero-order valence-corrected chi connectivity index (χ0v) is 19.9. The Kier molecular flexibility index (Phi) is 8.42. The molecular weight excluding hydrogens is 392 g/mol. The lowest BCUT2D eigenvalue weighted by atomic mass is 10.1. The van der Waals surface area contributed by atoms with Gasteiger partial charge in [-0.25, -0.2) is 9.97 Å². The van der Waals surface area contributed by atoms with Crippen LogP contribution in [-0.4, -0.2) is 37.3 Å². The largest absolute Gasteiger partial charge is 0.465 e. The van der Waals surface area contributed by atoms with Crippen molar-refractivity contribution in [3.8, 4) is 16.9 Å². The number of nitrogens with zero attached hydrogens (tertiary/aromatic N) is 2. The van der Waals surface area contributed by atoms with E-state index in [4.69, 9.17) is 13.9 Å². The second-order valence-corrected chi connectivity index (χ2v) is 13.6. The van der Waals surface area contributed by atoms with Gasteiger partial charge in [0.15, 0.2) is 14.6 Å². The van der Waals surface area contributed by atoms with Gasteiger partial charge < -0.3 is 13.9 Å². The average molecular weight is 429 g/mol. The van der Waals surface area contributed by atoms with E-state index in [1.807, 2.05) is 24.5 Å². The molecule has 0 aliphatic carbocycles. The summed E-state index contributed by atoms with van der Waals surface area (Å²) in [7, 11) is -1.44. The maximum Gasteiger partial charge on any atom is 0.199 e. The van der Waals surface area contributed by atoms with E-state index in [0.717, 1.165) is 74.3 Å². The maximum atomic E-state index is 6.10. The number of aryl methyl sites for hydroxylation is 1. The second kappa shape index (κ2) is 11.0. The molecule has 30 heavy (non-hydrogen) atoms. The Morgan fingerprint density at radius 1 is 1.03 bits per heavy atom. The molecule has 2 atom stereocenters. The number of hydrogen-bond acceptors (Lipinski definition) is 5. The summed E-state index contributed by atoms with van der Waals surface area (Å²) >= 11 is 0. The summed E-state index contributed by atoms with van der Waals surface area (Å²) in [6.07, 6.45) is 11.6. The van der Waals surface area contributed by atoms with Crippen molar-refractivity contribution < 1.29 is 13.9 Å². The molecule has 3 rings (SSSR count). The first-order chi connectivity index (χ1) is 14.4. The first-order valence-electron chi connectivity index (χ1n) is 11.3. The molecule has 1 aromatic heterocycles. The third-order valence-corrected chi connectivity index (χ3v) is 6.22. The first kappa shape index (κ1) is 22.9. The van der Waals surface area contributed by atoms with E-state index in [2.05, 4.69) is 48.7 Å². The molecule has 1 aromatic carbocycles. The van der Waals surface area contributed by atoms with E-state index >= 15 is 0 Å². The van der Waals surface area contributed by atoms with Crippen molar-refractivity contribution in [2.45, 2.75) is 83.9 Å². The van der Waals surface area contributed by atoms with Crippen LogP contribution in [0.2, 0.25) is 19.6 Å². The molecule has 5 nitrogen and oxygen atoms in total. The van der Waals surface area contributed by atoms with Crippen LogP contribution in [0.4, 0.5) is 0 Å². The van der Waals surface area contributed by atoms with Crippen LogP contribution in [0.25, 0.3) is 11.1 Å². The minimum absolute atomic E-state index is 0.114. The van der Waals surface area contributed by atoms with Crippen LogP contribution in [0, 0.1) is 0 Å². The summed E-state index contributed by atoms with van der Waals surface area (Å²) < 4.78 is 17.6. The molecule has 1 fully saturated rings. The Labute approximate surface area is 182 Å². The normalized spacial score (nSPS) is 18.2. The Balaban J connectivity index is 1.43. The van der Waals surface area contributed by atoms with Crippen LogP contribution in [0.15, 0.2) is 36.7 Å². The van der Waals surface area contributed by atoms with Crippen LogP contribution < -0.4 is 4.74 Å². The predicted molar refractivity (Wildman–Crippen MR) is 123 cm³/mol. The van der Waals surface area contributed by atoms with Gasteiger partial charge in [-0.1, -0.05) is 18.6 Å². The number of unbranched alkanes of at least 4 members (excludes halogenated alkanes) is 1. The molecule has 0 radical (unpaired) electrons. The van der Waals surface area contributed by atoms with Crippen LogP contribution in [0.5, 0.6) is 5.75 Å². The fraction of sp³-hybridized carbons (Fsp3) is 0.583. The van der Waals surface area contributed by atoms with Gasteiger partial charge in [0, 0.05) is 36.9 Å². The van der Waals surface area contributed by atoms with Crippen LogP contribution in [0.3, 0.4) is 0 Å². The molecule has 1 saturated heterocycles. The van der Waals surface area contributed by atoms with E-state index in [0.29, 0.717) is 6.10 Å². The summed E-state index contributed by atoms with van der Waals surface area (Å²) in [6, 6.07) is 8.09.